The minimum absolute atomic E-state index is 0.112. The third-order valence-corrected chi connectivity index (χ3v) is 7.25. The summed E-state index contributed by atoms with van der Waals surface area (Å²) >= 11 is 1.98. The Hall–Kier alpha value is -1.20. The fourth-order valence-corrected chi connectivity index (χ4v) is 6.24. The van der Waals surface area contributed by atoms with E-state index in [0.717, 1.165) is 5.75 Å². The molecule has 3 aliphatic rings. The molecule has 0 bridgehead atoms. The van der Waals surface area contributed by atoms with E-state index < -0.39 is 0 Å². The quantitative estimate of drug-likeness (QED) is 0.784. The minimum atomic E-state index is -0.112. The second kappa shape index (κ2) is 7.58. The van der Waals surface area contributed by atoms with E-state index in [1.54, 1.807) is 0 Å². The topological polar surface area (TPSA) is 32.8 Å². The fourth-order valence-electron chi connectivity index (χ4n) is 4.57. The number of carbonyl (C=O) groups is 1. The van der Waals surface area contributed by atoms with Crippen LogP contribution in [0, 0.1) is 5.92 Å². The number of rotatable bonds is 5. The van der Waals surface area contributed by atoms with Crippen molar-refractivity contribution < 1.29 is 9.53 Å². The van der Waals surface area contributed by atoms with E-state index >= 15 is 0 Å². The number of thioether (sulfide) groups is 1. The van der Waals surface area contributed by atoms with Crippen LogP contribution in [0.15, 0.2) is 30.3 Å². The fraction of sp³-hybridized carbons (Fsp3) is 0.650. The molecule has 4 rings (SSSR count). The molecule has 2 amide bonds. The number of amides is 2. The van der Waals surface area contributed by atoms with Crippen LogP contribution >= 0.6 is 11.8 Å². The van der Waals surface area contributed by atoms with Gasteiger partial charge in [-0.05, 0) is 31.2 Å². The molecule has 0 spiro atoms. The van der Waals surface area contributed by atoms with Gasteiger partial charge >= 0.3 is 6.03 Å². The molecule has 0 N–H and O–H groups in total. The molecule has 5 heteroatoms. The van der Waals surface area contributed by atoms with Crippen molar-refractivity contribution in [2.45, 2.75) is 63.2 Å². The van der Waals surface area contributed by atoms with E-state index in [0.29, 0.717) is 24.4 Å². The van der Waals surface area contributed by atoms with Gasteiger partial charge in [-0.1, -0.05) is 49.6 Å². The molecule has 2 saturated heterocycles. The first-order valence-electron chi connectivity index (χ1n) is 9.65. The summed E-state index contributed by atoms with van der Waals surface area (Å²) in [7, 11) is 0. The normalized spacial score (nSPS) is 30.1. The SMILES string of the molecule is CCOC1[C@@H]2CSC(C3CCCCC3)N2C(=O)N1Cc1ccccc1. The predicted molar refractivity (Wildman–Crippen MR) is 101 cm³/mol. The first kappa shape index (κ1) is 17.2. The molecule has 0 aromatic heterocycles. The number of hydrogen-bond acceptors (Lipinski definition) is 3. The third kappa shape index (κ3) is 3.28. The molecule has 1 aromatic rings. The number of carbonyl (C=O) groups excluding carboxylic acids is 1. The molecule has 0 radical (unpaired) electrons. The number of urea groups is 1. The summed E-state index contributed by atoms with van der Waals surface area (Å²) in [6.45, 7) is 3.31. The largest absolute Gasteiger partial charge is 0.356 e. The Morgan fingerprint density at radius 1 is 1.16 bits per heavy atom. The summed E-state index contributed by atoms with van der Waals surface area (Å²) in [6.07, 6.45) is 6.41. The Morgan fingerprint density at radius 3 is 2.64 bits per heavy atom. The van der Waals surface area contributed by atoms with Crippen molar-refractivity contribution in [1.82, 2.24) is 9.80 Å². The number of nitrogens with zero attached hydrogens (tertiary/aromatic N) is 2. The Morgan fingerprint density at radius 2 is 1.92 bits per heavy atom. The maximum absolute atomic E-state index is 13.3. The molecule has 2 heterocycles. The second-order valence-corrected chi connectivity index (χ2v) is 8.49. The average molecular weight is 361 g/mol. The Balaban J connectivity index is 1.55. The van der Waals surface area contributed by atoms with Gasteiger partial charge in [-0.3, -0.25) is 4.90 Å². The summed E-state index contributed by atoms with van der Waals surface area (Å²) in [4.78, 5) is 17.4. The van der Waals surface area contributed by atoms with Crippen LogP contribution in [0.3, 0.4) is 0 Å². The predicted octanol–water partition coefficient (Wildman–Crippen LogP) is 4.31. The van der Waals surface area contributed by atoms with Gasteiger partial charge in [-0.15, -0.1) is 11.8 Å². The highest BCUT2D eigenvalue weighted by atomic mass is 32.2. The van der Waals surface area contributed by atoms with Gasteiger partial charge in [-0.25, -0.2) is 4.79 Å². The van der Waals surface area contributed by atoms with Gasteiger partial charge in [0.15, 0.2) is 6.23 Å². The molecular formula is C20H28N2O2S. The molecule has 3 atom stereocenters. The van der Waals surface area contributed by atoms with E-state index in [4.69, 9.17) is 4.74 Å². The average Bonchev–Trinajstić information content (AvgIpc) is 3.19. The Kier molecular flexibility index (Phi) is 5.23. The lowest BCUT2D eigenvalue weighted by molar-refractivity contribution is -0.0321. The number of fused-ring (bicyclic) bond motifs is 1. The van der Waals surface area contributed by atoms with Crippen LogP contribution < -0.4 is 0 Å². The van der Waals surface area contributed by atoms with E-state index in [1.807, 2.05) is 41.8 Å². The van der Waals surface area contributed by atoms with E-state index in [2.05, 4.69) is 17.0 Å². The third-order valence-electron chi connectivity index (χ3n) is 5.76. The summed E-state index contributed by atoms with van der Waals surface area (Å²) < 4.78 is 6.06. The van der Waals surface area contributed by atoms with E-state index in [9.17, 15) is 4.79 Å². The smallest absolute Gasteiger partial charge is 0.323 e. The zero-order valence-corrected chi connectivity index (χ0v) is 15.8. The highest BCUT2D eigenvalue weighted by Crippen LogP contribution is 2.45. The Bertz CT molecular complexity index is 591. The van der Waals surface area contributed by atoms with Gasteiger partial charge in [0.05, 0.1) is 18.0 Å². The van der Waals surface area contributed by atoms with Crippen molar-refractivity contribution in [2.24, 2.45) is 5.92 Å². The van der Waals surface area contributed by atoms with Gasteiger partial charge in [-0.2, -0.15) is 0 Å². The molecule has 1 aromatic carbocycles. The monoisotopic (exact) mass is 360 g/mol. The lowest BCUT2D eigenvalue weighted by Crippen LogP contribution is -2.41. The van der Waals surface area contributed by atoms with Crippen molar-refractivity contribution in [3.05, 3.63) is 35.9 Å². The van der Waals surface area contributed by atoms with Gasteiger partial charge in [0.25, 0.3) is 0 Å². The van der Waals surface area contributed by atoms with Crippen molar-refractivity contribution >= 4 is 17.8 Å². The number of hydrogen-bond donors (Lipinski definition) is 0. The molecule has 1 saturated carbocycles. The maximum Gasteiger partial charge on any atom is 0.323 e. The maximum atomic E-state index is 13.3. The summed E-state index contributed by atoms with van der Waals surface area (Å²) in [5, 5.41) is 0.349. The van der Waals surface area contributed by atoms with Crippen molar-refractivity contribution in [3.63, 3.8) is 0 Å². The van der Waals surface area contributed by atoms with Crippen LogP contribution in [-0.4, -0.2) is 45.8 Å². The molecule has 2 aliphatic heterocycles. The van der Waals surface area contributed by atoms with Crippen molar-refractivity contribution in [3.8, 4) is 0 Å². The van der Waals surface area contributed by atoms with Crippen LogP contribution in [0.2, 0.25) is 0 Å². The van der Waals surface area contributed by atoms with Crippen molar-refractivity contribution in [2.75, 3.05) is 12.4 Å². The minimum Gasteiger partial charge on any atom is -0.356 e. The summed E-state index contributed by atoms with van der Waals surface area (Å²) in [5.74, 6) is 1.66. The number of benzene rings is 1. The van der Waals surface area contributed by atoms with E-state index in [-0.39, 0.29) is 18.3 Å². The molecule has 25 heavy (non-hydrogen) atoms. The standard InChI is InChI=1S/C20H28N2O2S/c1-2-24-18-17-14-25-19(16-11-7-4-8-12-16)22(17)20(23)21(18)13-15-9-5-3-6-10-15/h3,5-6,9-10,16-19H,2,4,7-8,11-14H2,1H3/t17-,18?,19?/m0/s1. The van der Waals surface area contributed by atoms with Crippen LogP contribution in [0.25, 0.3) is 0 Å². The highest BCUT2D eigenvalue weighted by molar-refractivity contribution is 8.00. The molecule has 4 nitrogen and oxygen atoms in total. The zero-order valence-electron chi connectivity index (χ0n) is 15.0. The van der Waals surface area contributed by atoms with Crippen molar-refractivity contribution in [1.29, 1.82) is 0 Å². The first-order valence-corrected chi connectivity index (χ1v) is 10.7. The van der Waals surface area contributed by atoms with Crippen LogP contribution in [0.5, 0.6) is 0 Å². The van der Waals surface area contributed by atoms with Gasteiger partial charge < -0.3 is 9.64 Å². The lowest BCUT2D eigenvalue weighted by atomic mass is 9.88. The molecule has 2 unspecified atom stereocenters. The lowest BCUT2D eigenvalue weighted by Gasteiger charge is -2.32. The van der Waals surface area contributed by atoms with Crippen LogP contribution in [0.1, 0.15) is 44.6 Å². The molecule has 136 valence electrons. The van der Waals surface area contributed by atoms with Gasteiger partial charge in [0.1, 0.15) is 0 Å². The summed E-state index contributed by atoms with van der Waals surface area (Å²) in [5.41, 5.74) is 1.17. The van der Waals surface area contributed by atoms with Crippen LogP contribution in [0.4, 0.5) is 4.79 Å². The molecule has 1 aliphatic carbocycles. The molecular weight excluding hydrogens is 332 g/mol. The van der Waals surface area contributed by atoms with E-state index in [1.165, 1.54) is 37.7 Å². The summed E-state index contributed by atoms with van der Waals surface area (Å²) in [6, 6.07) is 10.6. The zero-order chi connectivity index (χ0) is 17.2. The van der Waals surface area contributed by atoms with Gasteiger partial charge in [0.2, 0.25) is 0 Å². The number of ether oxygens (including phenoxy) is 1. The molecule has 3 fully saturated rings. The van der Waals surface area contributed by atoms with Crippen LogP contribution in [-0.2, 0) is 11.3 Å². The second-order valence-electron chi connectivity index (χ2n) is 7.34. The first-order chi connectivity index (χ1) is 12.3. The Labute approximate surface area is 154 Å². The van der Waals surface area contributed by atoms with Gasteiger partial charge in [0, 0.05) is 12.4 Å². The highest BCUT2D eigenvalue weighted by Gasteiger charge is 2.54.